The van der Waals surface area contributed by atoms with E-state index >= 15 is 0 Å². The molecule has 276 valence electrons. The predicted molar refractivity (Wildman–Crippen MR) is 199 cm³/mol. The van der Waals surface area contributed by atoms with Gasteiger partial charge in [-0.1, -0.05) is 213 Å². The van der Waals surface area contributed by atoms with Gasteiger partial charge in [0.25, 0.3) is 0 Å². The molecule has 0 radical (unpaired) electrons. The van der Waals surface area contributed by atoms with Crippen molar-refractivity contribution in [3.05, 3.63) is 0 Å². The van der Waals surface area contributed by atoms with Gasteiger partial charge in [-0.05, 0) is 12.8 Å². The summed E-state index contributed by atoms with van der Waals surface area (Å²) in [6.07, 6.45) is 40.6. The number of hydrogen-bond acceptors (Lipinski definition) is 4. The molecule has 0 heterocycles. The first kappa shape index (κ1) is 45.3. The number of hydrogen-bond donors (Lipinski definition) is 4. The number of rotatable bonds is 38. The maximum atomic E-state index is 12.4. The van der Waals surface area contributed by atoms with Gasteiger partial charge in [-0.3, -0.25) is 4.79 Å². The zero-order valence-corrected chi connectivity index (χ0v) is 31.2. The van der Waals surface area contributed by atoms with Crippen LogP contribution in [-0.2, 0) is 4.79 Å². The van der Waals surface area contributed by atoms with E-state index < -0.39 is 18.2 Å². The molecule has 0 aliphatic carbocycles. The molecule has 0 saturated heterocycles. The normalized spacial score (nSPS) is 13.6. The van der Waals surface area contributed by atoms with Crippen LogP contribution in [0.1, 0.15) is 232 Å². The minimum atomic E-state index is -1.13. The van der Waals surface area contributed by atoms with Crippen LogP contribution in [0.5, 0.6) is 0 Å². The quantitative estimate of drug-likeness (QED) is 0.0499. The SMILES string of the molecule is CCCCCCCCCCCCCCCCCCCCCCC(=O)N[C@@H](CO)[C@H](O)[C@H](O)CCCCCCCCCCCCCC. The van der Waals surface area contributed by atoms with Gasteiger partial charge in [0.05, 0.1) is 18.8 Å². The molecule has 0 spiro atoms. The molecular formula is C41H83NO4. The number of aliphatic hydroxyl groups is 3. The second kappa shape index (κ2) is 37.2. The van der Waals surface area contributed by atoms with Gasteiger partial charge in [0.1, 0.15) is 6.10 Å². The molecule has 0 unspecified atom stereocenters. The highest BCUT2D eigenvalue weighted by atomic mass is 16.3. The van der Waals surface area contributed by atoms with Gasteiger partial charge in [0, 0.05) is 6.42 Å². The molecule has 0 aliphatic heterocycles. The lowest BCUT2D eigenvalue weighted by Gasteiger charge is -2.26. The van der Waals surface area contributed by atoms with Gasteiger partial charge in [-0.15, -0.1) is 0 Å². The fourth-order valence-corrected chi connectivity index (χ4v) is 6.69. The third kappa shape index (κ3) is 31.9. The zero-order chi connectivity index (χ0) is 33.8. The van der Waals surface area contributed by atoms with Crippen LogP contribution in [0.15, 0.2) is 0 Å². The van der Waals surface area contributed by atoms with Crippen LogP contribution < -0.4 is 5.32 Å². The van der Waals surface area contributed by atoms with E-state index in [1.165, 1.54) is 167 Å². The third-order valence-electron chi connectivity index (χ3n) is 9.96. The van der Waals surface area contributed by atoms with Gasteiger partial charge in [-0.2, -0.15) is 0 Å². The van der Waals surface area contributed by atoms with Crippen LogP contribution in [0.25, 0.3) is 0 Å². The molecule has 0 bridgehead atoms. The molecule has 0 aliphatic rings. The standard InChI is InChI=1S/C41H83NO4/c1-3-5-7-9-11-13-15-17-18-19-20-21-22-23-24-26-28-30-32-34-36-40(45)42-38(37-43)41(46)39(44)35-33-31-29-27-25-16-14-12-10-8-6-4-2/h38-39,41,43-44,46H,3-37H2,1-2H3,(H,42,45)/t38-,39+,41-/m0/s1. The molecule has 0 fully saturated rings. The highest BCUT2D eigenvalue weighted by molar-refractivity contribution is 5.76. The van der Waals surface area contributed by atoms with Crippen molar-refractivity contribution in [1.82, 2.24) is 5.32 Å². The molecule has 0 rings (SSSR count). The monoisotopic (exact) mass is 654 g/mol. The molecule has 4 N–H and O–H groups in total. The third-order valence-corrected chi connectivity index (χ3v) is 9.96. The summed E-state index contributed by atoms with van der Waals surface area (Å²) in [4.78, 5) is 12.4. The predicted octanol–water partition coefficient (Wildman–Crippen LogP) is 11.5. The molecule has 5 heteroatoms. The number of carbonyl (C=O) groups is 1. The minimum absolute atomic E-state index is 0.141. The summed E-state index contributed by atoms with van der Waals surface area (Å²) in [5.41, 5.74) is 0. The lowest BCUT2D eigenvalue weighted by Crippen LogP contribution is -2.50. The van der Waals surface area contributed by atoms with Crippen molar-refractivity contribution < 1.29 is 20.1 Å². The Hall–Kier alpha value is -0.650. The minimum Gasteiger partial charge on any atom is -0.394 e. The molecule has 1 amide bonds. The van der Waals surface area contributed by atoms with Crippen molar-refractivity contribution in [3.8, 4) is 0 Å². The van der Waals surface area contributed by atoms with Crippen molar-refractivity contribution in [3.63, 3.8) is 0 Å². The largest absolute Gasteiger partial charge is 0.394 e. The number of unbranched alkanes of at least 4 members (excludes halogenated alkanes) is 30. The van der Waals surface area contributed by atoms with E-state index in [1.54, 1.807) is 0 Å². The summed E-state index contributed by atoms with van der Waals surface area (Å²) < 4.78 is 0. The van der Waals surface area contributed by atoms with Gasteiger partial charge in [0.15, 0.2) is 0 Å². The summed E-state index contributed by atoms with van der Waals surface area (Å²) in [7, 11) is 0. The van der Waals surface area contributed by atoms with Crippen molar-refractivity contribution in [2.75, 3.05) is 6.61 Å². The number of nitrogens with one attached hydrogen (secondary N) is 1. The first-order valence-electron chi connectivity index (χ1n) is 20.8. The Kier molecular flexibility index (Phi) is 36.6. The van der Waals surface area contributed by atoms with E-state index in [-0.39, 0.29) is 12.5 Å². The number of aliphatic hydroxyl groups excluding tert-OH is 3. The Morgan fingerprint density at radius 1 is 0.457 bits per heavy atom. The van der Waals surface area contributed by atoms with E-state index in [4.69, 9.17) is 0 Å². The summed E-state index contributed by atoms with van der Waals surface area (Å²) in [6, 6.07) is -0.801. The van der Waals surface area contributed by atoms with Crippen LogP contribution in [0, 0.1) is 0 Å². The lowest BCUT2D eigenvalue weighted by atomic mass is 9.99. The maximum absolute atomic E-state index is 12.4. The van der Waals surface area contributed by atoms with Gasteiger partial charge in [-0.25, -0.2) is 0 Å². The van der Waals surface area contributed by atoms with Gasteiger partial charge >= 0.3 is 0 Å². The smallest absolute Gasteiger partial charge is 0.220 e. The second-order valence-electron chi connectivity index (χ2n) is 14.6. The van der Waals surface area contributed by atoms with Crippen LogP contribution >= 0.6 is 0 Å². The molecule has 3 atom stereocenters. The first-order chi connectivity index (χ1) is 22.6. The van der Waals surface area contributed by atoms with E-state index in [2.05, 4.69) is 19.2 Å². The Morgan fingerprint density at radius 2 is 0.739 bits per heavy atom. The summed E-state index contributed by atoms with van der Waals surface area (Å²) in [6.45, 7) is 4.18. The maximum Gasteiger partial charge on any atom is 0.220 e. The second-order valence-corrected chi connectivity index (χ2v) is 14.6. The average molecular weight is 654 g/mol. The number of carbonyl (C=O) groups excluding carboxylic acids is 1. The average Bonchev–Trinajstić information content (AvgIpc) is 3.06. The Morgan fingerprint density at radius 3 is 1.04 bits per heavy atom. The van der Waals surface area contributed by atoms with Crippen LogP contribution in [-0.4, -0.2) is 46.1 Å². The van der Waals surface area contributed by atoms with E-state index in [0.717, 1.165) is 38.5 Å². The lowest BCUT2D eigenvalue weighted by molar-refractivity contribution is -0.124. The van der Waals surface area contributed by atoms with Crippen LogP contribution in [0.2, 0.25) is 0 Å². The topological polar surface area (TPSA) is 89.8 Å². The van der Waals surface area contributed by atoms with Crippen molar-refractivity contribution in [1.29, 1.82) is 0 Å². The van der Waals surface area contributed by atoms with Crippen molar-refractivity contribution >= 4 is 5.91 Å². The number of amides is 1. The molecule has 5 nitrogen and oxygen atoms in total. The molecular weight excluding hydrogens is 570 g/mol. The van der Waals surface area contributed by atoms with Gasteiger partial charge < -0.3 is 20.6 Å². The van der Waals surface area contributed by atoms with Crippen molar-refractivity contribution in [2.45, 2.75) is 250 Å². The summed E-state index contributed by atoms with van der Waals surface area (Å²) in [5, 5.41) is 33.4. The van der Waals surface area contributed by atoms with Crippen molar-refractivity contribution in [2.24, 2.45) is 0 Å². The summed E-state index contributed by atoms with van der Waals surface area (Å²) >= 11 is 0. The molecule has 0 saturated carbocycles. The van der Waals surface area contributed by atoms with E-state index in [1.807, 2.05) is 0 Å². The van der Waals surface area contributed by atoms with Gasteiger partial charge in [0.2, 0.25) is 5.91 Å². The highest BCUT2D eigenvalue weighted by Gasteiger charge is 2.26. The fourth-order valence-electron chi connectivity index (χ4n) is 6.69. The zero-order valence-electron chi connectivity index (χ0n) is 31.2. The summed E-state index contributed by atoms with van der Waals surface area (Å²) in [5.74, 6) is -0.141. The van der Waals surface area contributed by atoms with Crippen LogP contribution in [0.4, 0.5) is 0 Å². The molecule has 0 aromatic carbocycles. The Balaban J connectivity index is 3.58. The Bertz CT molecular complexity index is 601. The molecule has 46 heavy (non-hydrogen) atoms. The van der Waals surface area contributed by atoms with E-state index in [9.17, 15) is 20.1 Å². The Labute approximate surface area is 287 Å². The van der Waals surface area contributed by atoms with E-state index in [0.29, 0.717) is 12.8 Å². The molecule has 0 aromatic heterocycles. The molecule has 0 aromatic rings. The fraction of sp³-hybridized carbons (Fsp3) is 0.976. The first-order valence-corrected chi connectivity index (χ1v) is 20.8. The highest BCUT2D eigenvalue weighted by Crippen LogP contribution is 2.17. The van der Waals surface area contributed by atoms with Crippen LogP contribution in [0.3, 0.4) is 0 Å².